The Morgan fingerprint density at radius 3 is 2.48 bits per heavy atom. The summed E-state index contributed by atoms with van der Waals surface area (Å²) in [6.45, 7) is 5.69. The highest BCUT2D eigenvalue weighted by Gasteiger charge is 2.30. The van der Waals surface area contributed by atoms with Gasteiger partial charge in [0.2, 0.25) is 0 Å². The Morgan fingerprint density at radius 2 is 1.90 bits per heavy atom. The molecule has 1 amide bonds. The zero-order chi connectivity index (χ0) is 20.8. The molecule has 2 N–H and O–H groups in total. The lowest BCUT2D eigenvalue weighted by molar-refractivity contribution is -0.137. The molecule has 0 aliphatic carbocycles. The number of pyridine rings is 1. The van der Waals surface area contributed by atoms with Crippen molar-refractivity contribution in [1.82, 2.24) is 14.9 Å². The van der Waals surface area contributed by atoms with Crippen molar-refractivity contribution in [3.05, 3.63) is 58.4 Å². The average Bonchev–Trinajstić information content (AvgIpc) is 2.92. The standard InChI is InChI=1S/C21H21F3N4O/c1-12-13(2)26-18-16(12)10-17(20(29)28-8-3-9-28)27-19(18)25-11-14-4-6-15(7-5-14)21(22,23)24/h4-7,10,26H,3,8-9,11H2,1-2H3,(H,25,27). The van der Waals surface area contributed by atoms with E-state index in [0.717, 1.165) is 53.8 Å². The van der Waals surface area contributed by atoms with Gasteiger partial charge in [0.15, 0.2) is 5.82 Å². The van der Waals surface area contributed by atoms with Crippen LogP contribution < -0.4 is 5.32 Å². The Morgan fingerprint density at radius 1 is 1.21 bits per heavy atom. The Hall–Kier alpha value is -3.03. The molecule has 0 unspecified atom stereocenters. The van der Waals surface area contributed by atoms with E-state index in [4.69, 9.17) is 0 Å². The number of aryl methyl sites for hydroxylation is 2. The van der Waals surface area contributed by atoms with Crippen LogP contribution in [0.5, 0.6) is 0 Å². The van der Waals surface area contributed by atoms with Gasteiger partial charge in [-0.1, -0.05) is 12.1 Å². The Kier molecular flexibility index (Phi) is 4.72. The van der Waals surface area contributed by atoms with Gasteiger partial charge in [-0.2, -0.15) is 13.2 Å². The number of aromatic nitrogens is 2. The third-order valence-corrected chi connectivity index (χ3v) is 5.40. The van der Waals surface area contributed by atoms with Crippen molar-refractivity contribution < 1.29 is 18.0 Å². The predicted octanol–water partition coefficient (Wildman–Crippen LogP) is 4.66. The summed E-state index contributed by atoms with van der Waals surface area (Å²) in [6, 6.07) is 6.80. The molecule has 152 valence electrons. The van der Waals surface area contributed by atoms with E-state index in [1.807, 2.05) is 13.8 Å². The molecule has 1 aromatic carbocycles. The van der Waals surface area contributed by atoms with Gasteiger partial charge >= 0.3 is 6.18 Å². The van der Waals surface area contributed by atoms with Gasteiger partial charge in [0.05, 0.1) is 11.1 Å². The zero-order valence-corrected chi connectivity index (χ0v) is 16.2. The topological polar surface area (TPSA) is 61.0 Å². The highest BCUT2D eigenvalue weighted by atomic mass is 19.4. The number of alkyl halides is 3. The molecule has 0 atom stereocenters. The van der Waals surface area contributed by atoms with Crippen LogP contribution in [0.25, 0.3) is 10.9 Å². The number of hydrogen-bond donors (Lipinski definition) is 2. The summed E-state index contributed by atoms with van der Waals surface area (Å²) in [5.41, 5.74) is 3.18. The molecule has 3 aromatic rings. The van der Waals surface area contributed by atoms with Crippen molar-refractivity contribution >= 4 is 22.6 Å². The van der Waals surface area contributed by atoms with Crippen LogP contribution in [-0.2, 0) is 12.7 Å². The Balaban J connectivity index is 1.63. The van der Waals surface area contributed by atoms with Crippen LogP contribution >= 0.6 is 0 Å². The van der Waals surface area contributed by atoms with Crippen molar-refractivity contribution in [2.45, 2.75) is 33.0 Å². The second-order valence-electron chi connectivity index (χ2n) is 7.35. The van der Waals surface area contributed by atoms with Gasteiger partial charge < -0.3 is 15.2 Å². The van der Waals surface area contributed by atoms with E-state index in [-0.39, 0.29) is 5.91 Å². The predicted molar refractivity (Wildman–Crippen MR) is 105 cm³/mol. The smallest absolute Gasteiger partial charge is 0.364 e. The normalized spacial score (nSPS) is 14.2. The molecule has 1 saturated heterocycles. The molecule has 2 aromatic heterocycles. The maximum absolute atomic E-state index is 12.7. The van der Waals surface area contributed by atoms with E-state index < -0.39 is 11.7 Å². The van der Waals surface area contributed by atoms with E-state index in [1.54, 1.807) is 11.0 Å². The number of anilines is 1. The first kappa shape index (κ1) is 19.3. The number of halogens is 3. The zero-order valence-electron chi connectivity index (χ0n) is 16.2. The molecule has 0 bridgehead atoms. The summed E-state index contributed by atoms with van der Waals surface area (Å²) in [5, 5.41) is 4.09. The summed E-state index contributed by atoms with van der Waals surface area (Å²) in [6.07, 6.45) is -3.36. The summed E-state index contributed by atoms with van der Waals surface area (Å²) in [4.78, 5) is 22.2. The average molecular weight is 402 g/mol. The maximum Gasteiger partial charge on any atom is 0.416 e. The second kappa shape index (κ2) is 7.09. The molecular formula is C21H21F3N4O. The molecule has 29 heavy (non-hydrogen) atoms. The first-order valence-electron chi connectivity index (χ1n) is 9.43. The molecule has 0 radical (unpaired) electrons. The van der Waals surface area contributed by atoms with E-state index in [9.17, 15) is 18.0 Å². The molecule has 0 spiro atoms. The number of amides is 1. The fraction of sp³-hybridized carbons (Fsp3) is 0.333. The van der Waals surface area contributed by atoms with E-state index in [2.05, 4.69) is 15.3 Å². The van der Waals surface area contributed by atoms with Crippen LogP contribution in [0.15, 0.2) is 30.3 Å². The lowest BCUT2D eigenvalue weighted by Crippen LogP contribution is -2.42. The number of benzene rings is 1. The number of carbonyl (C=O) groups is 1. The first-order chi connectivity index (χ1) is 13.7. The number of fused-ring (bicyclic) bond motifs is 1. The van der Waals surface area contributed by atoms with Crippen LogP contribution in [0, 0.1) is 13.8 Å². The van der Waals surface area contributed by atoms with Gasteiger partial charge in [-0.3, -0.25) is 4.79 Å². The van der Waals surface area contributed by atoms with Gasteiger partial charge in [0.25, 0.3) is 5.91 Å². The van der Waals surface area contributed by atoms with Gasteiger partial charge in [-0.05, 0) is 49.6 Å². The van der Waals surface area contributed by atoms with Gasteiger partial charge in [0.1, 0.15) is 5.69 Å². The van der Waals surface area contributed by atoms with Crippen molar-refractivity contribution in [2.24, 2.45) is 0 Å². The quantitative estimate of drug-likeness (QED) is 0.668. The number of H-pyrrole nitrogens is 1. The molecule has 3 heterocycles. The third kappa shape index (κ3) is 3.66. The van der Waals surface area contributed by atoms with Crippen LogP contribution in [0.3, 0.4) is 0 Å². The van der Waals surface area contributed by atoms with Crippen molar-refractivity contribution in [3.8, 4) is 0 Å². The SMILES string of the molecule is Cc1[nH]c2c(NCc3ccc(C(F)(F)F)cc3)nc(C(=O)N3CCC3)cc2c1C. The van der Waals surface area contributed by atoms with E-state index >= 15 is 0 Å². The first-order valence-corrected chi connectivity index (χ1v) is 9.43. The van der Waals surface area contributed by atoms with Gasteiger partial charge in [-0.25, -0.2) is 4.98 Å². The number of aromatic amines is 1. The van der Waals surface area contributed by atoms with E-state index in [1.165, 1.54) is 12.1 Å². The molecule has 5 nitrogen and oxygen atoms in total. The number of rotatable bonds is 4. The maximum atomic E-state index is 12.7. The summed E-state index contributed by atoms with van der Waals surface area (Å²) >= 11 is 0. The number of nitrogens with one attached hydrogen (secondary N) is 2. The third-order valence-electron chi connectivity index (χ3n) is 5.40. The van der Waals surface area contributed by atoms with Crippen LogP contribution in [-0.4, -0.2) is 33.9 Å². The molecule has 4 rings (SSSR count). The van der Waals surface area contributed by atoms with Crippen molar-refractivity contribution in [2.75, 3.05) is 18.4 Å². The fourth-order valence-electron chi connectivity index (χ4n) is 3.37. The van der Waals surface area contributed by atoms with Crippen LogP contribution in [0.4, 0.5) is 19.0 Å². The van der Waals surface area contributed by atoms with Crippen LogP contribution in [0.2, 0.25) is 0 Å². The Labute approximate surface area is 165 Å². The summed E-state index contributed by atoms with van der Waals surface area (Å²) in [5.74, 6) is 0.413. The van der Waals surface area contributed by atoms with Gasteiger partial charge in [-0.15, -0.1) is 0 Å². The minimum absolute atomic E-state index is 0.103. The fourth-order valence-corrected chi connectivity index (χ4v) is 3.37. The monoisotopic (exact) mass is 402 g/mol. The van der Waals surface area contributed by atoms with Crippen molar-refractivity contribution in [3.63, 3.8) is 0 Å². The summed E-state index contributed by atoms with van der Waals surface area (Å²) < 4.78 is 38.2. The molecule has 1 aliphatic rings. The minimum atomic E-state index is -4.36. The lowest BCUT2D eigenvalue weighted by Gasteiger charge is -2.30. The molecule has 8 heteroatoms. The number of carbonyl (C=O) groups excluding carboxylic acids is 1. The molecule has 1 aliphatic heterocycles. The van der Waals surface area contributed by atoms with Gasteiger partial charge in [0, 0.05) is 30.7 Å². The number of nitrogens with zero attached hydrogens (tertiary/aromatic N) is 2. The van der Waals surface area contributed by atoms with Crippen LogP contribution in [0.1, 0.15) is 39.3 Å². The lowest BCUT2D eigenvalue weighted by atomic mass is 10.1. The number of likely N-dealkylation sites (tertiary alicyclic amines) is 1. The largest absolute Gasteiger partial charge is 0.416 e. The highest BCUT2D eigenvalue weighted by molar-refractivity contribution is 6.00. The van der Waals surface area contributed by atoms with E-state index in [0.29, 0.717) is 23.6 Å². The van der Waals surface area contributed by atoms with Crippen molar-refractivity contribution in [1.29, 1.82) is 0 Å². The molecule has 0 saturated carbocycles. The number of hydrogen-bond acceptors (Lipinski definition) is 3. The Bertz CT molecular complexity index is 1070. The molecular weight excluding hydrogens is 381 g/mol. The highest BCUT2D eigenvalue weighted by Crippen LogP contribution is 2.30. The minimum Gasteiger partial charge on any atom is -0.364 e. The molecule has 1 fully saturated rings. The second-order valence-corrected chi connectivity index (χ2v) is 7.35. The summed E-state index contributed by atoms with van der Waals surface area (Å²) in [7, 11) is 0.